The molecule has 152 valence electrons. The number of aryl methyl sites for hydroxylation is 3. The van der Waals surface area contributed by atoms with Gasteiger partial charge < -0.3 is 4.74 Å². The minimum Gasteiger partial charge on any atom is -0.406 e. The summed E-state index contributed by atoms with van der Waals surface area (Å²) in [6, 6.07) is 23.0. The monoisotopic (exact) mass is 398 g/mol. The normalized spacial score (nSPS) is 11.4. The van der Waals surface area contributed by atoms with Gasteiger partial charge in [-0.05, 0) is 65.6 Å². The van der Waals surface area contributed by atoms with E-state index in [-0.39, 0.29) is 5.75 Å². The summed E-state index contributed by atoms with van der Waals surface area (Å²) in [4.78, 5) is 0. The van der Waals surface area contributed by atoms with Crippen molar-refractivity contribution in [3.8, 4) is 16.9 Å². The highest BCUT2D eigenvalue weighted by atomic mass is 19.4. The molecule has 3 aromatic rings. The maximum absolute atomic E-state index is 12.3. The Morgan fingerprint density at radius 1 is 0.621 bits per heavy atom. The fourth-order valence-electron chi connectivity index (χ4n) is 3.26. The van der Waals surface area contributed by atoms with Gasteiger partial charge in [-0.15, -0.1) is 13.2 Å². The Morgan fingerprint density at radius 3 is 1.48 bits per heavy atom. The third-order valence-electron chi connectivity index (χ3n) is 4.92. The average Bonchev–Trinajstić information content (AvgIpc) is 2.71. The number of ether oxygens (including phenoxy) is 1. The molecule has 0 spiro atoms. The molecule has 4 heteroatoms. The summed E-state index contributed by atoms with van der Waals surface area (Å²) < 4.78 is 40.7. The molecule has 0 aliphatic carbocycles. The molecule has 0 aliphatic rings. The Morgan fingerprint density at radius 2 is 1.03 bits per heavy atom. The second kappa shape index (κ2) is 9.64. The van der Waals surface area contributed by atoms with Gasteiger partial charge in [-0.3, -0.25) is 0 Å². The first-order valence-corrected chi connectivity index (χ1v) is 9.96. The minimum atomic E-state index is -4.67. The van der Waals surface area contributed by atoms with Crippen molar-refractivity contribution in [2.24, 2.45) is 0 Å². The van der Waals surface area contributed by atoms with Crippen molar-refractivity contribution in [2.45, 2.75) is 45.4 Å². The van der Waals surface area contributed by atoms with E-state index in [1.54, 1.807) is 12.1 Å². The average molecular weight is 398 g/mol. The van der Waals surface area contributed by atoms with E-state index in [1.165, 1.54) is 41.7 Å². The van der Waals surface area contributed by atoms with Crippen molar-refractivity contribution in [1.29, 1.82) is 0 Å². The van der Waals surface area contributed by atoms with Gasteiger partial charge in [0.15, 0.2) is 0 Å². The predicted octanol–water partition coefficient (Wildman–Crippen LogP) is 7.38. The molecule has 3 aromatic carbocycles. The first-order valence-electron chi connectivity index (χ1n) is 9.96. The van der Waals surface area contributed by atoms with Gasteiger partial charge in [0, 0.05) is 0 Å². The molecule has 29 heavy (non-hydrogen) atoms. The summed E-state index contributed by atoms with van der Waals surface area (Å²) in [7, 11) is 0. The van der Waals surface area contributed by atoms with Crippen molar-refractivity contribution in [3.05, 3.63) is 89.5 Å². The number of hydrogen-bond acceptors (Lipinski definition) is 1. The van der Waals surface area contributed by atoms with E-state index < -0.39 is 6.36 Å². The third kappa shape index (κ3) is 6.67. The van der Waals surface area contributed by atoms with E-state index in [9.17, 15) is 13.2 Å². The molecule has 1 nitrogen and oxygen atoms in total. The molecule has 0 saturated heterocycles. The van der Waals surface area contributed by atoms with Crippen LogP contribution in [0, 0.1) is 0 Å². The standard InChI is InChI=1S/C25H25F3O/c1-2-3-4-19-5-7-20(8-6-19)9-10-21-11-13-22(14-12-21)23-15-17-24(18-16-23)29-25(26,27)28/h5-8,11-18H,2-4,9-10H2,1H3. The van der Waals surface area contributed by atoms with Crippen LogP contribution in [0.1, 0.15) is 36.5 Å². The summed E-state index contributed by atoms with van der Waals surface area (Å²) in [5.41, 5.74) is 5.78. The van der Waals surface area contributed by atoms with Gasteiger partial charge in [-0.25, -0.2) is 0 Å². The summed E-state index contributed by atoms with van der Waals surface area (Å²) in [6.45, 7) is 2.21. The van der Waals surface area contributed by atoms with Crippen LogP contribution >= 0.6 is 0 Å². The van der Waals surface area contributed by atoms with E-state index in [1.807, 2.05) is 12.1 Å². The molecule has 0 atom stereocenters. The summed E-state index contributed by atoms with van der Waals surface area (Å²) in [5, 5.41) is 0. The smallest absolute Gasteiger partial charge is 0.406 e. The second-order valence-corrected chi connectivity index (χ2v) is 7.19. The van der Waals surface area contributed by atoms with Crippen LogP contribution in [0.5, 0.6) is 5.75 Å². The largest absolute Gasteiger partial charge is 0.573 e. The lowest BCUT2D eigenvalue weighted by molar-refractivity contribution is -0.274. The van der Waals surface area contributed by atoms with Crippen molar-refractivity contribution in [1.82, 2.24) is 0 Å². The molecule has 0 amide bonds. The quantitative estimate of drug-likeness (QED) is 0.385. The number of unbranched alkanes of at least 4 members (excludes halogenated alkanes) is 1. The minimum absolute atomic E-state index is 0.210. The Labute approximate surface area is 170 Å². The molecule has 3 rings (SSSR count). The van der Waals surface area contributed by atoms with Gasteiger partial charge in [0.1, 0.15) is 5.75 Å². The summed E-state index contributed by atoms with van der Waals surface area (Å²) >= 11 is 0. The van der Waals surface area contributed by atoms with E-state index >= 15 is 0 Å². The zero-order valence-electron chi connectivity index (χ0n) is 16.5. The lowest BCUT2D eigenvalue weighted by Gasteiger charge is -2.10. The Hall–Kier alpha value is -2.75. The number of rotatable bonds is 8. The fourth-order valence-corrected chi connectivity index (χ4v) is 3.26. The molecular weight excluding hydrogens is 373 g/mol. The lowest BCUT2D eigenvalue weighted by Crippen LogP contribution is -2.16. The number of halogens is 3. The van der Waals surface area contributed by atoms with Crippen LogP contribution in [0.15, 0.2) is 72.8 Å². The topological polar surface area (TPSA) is 9.23 Å². The maximum atomic E-state index is 12.3. The van der Waals surface area contributed by atoms with E-state index in [2.05, 4.69) is 48.1 Å². The van der Waals surface area contributed by atoms with Crippen LogP contribution < -0.4 is 4.74 Å². The number of alkyl halides is 3. The second-order valence-electron chi connectivity index (χ2n) is 7.19. The highest BCUT2D eigenvalue weighted by Crippen LogP contribution is 2.27. The maximum Gasteiger partial charge on any atom is 0.573 e. The molecule has 0 saturated carbocycles. The molecule has 0 heterocycles. The Kier molecular flexibility index (Phi) is 6.97. The van der Waals surface area contributed by atoms with Gasteiger partial charge in [0.2, 0.25) is 0 Å². The third-order valence-corrected chi connectivity index (χ3v) is 4.92. The molecule has 0 unspecified atom stereocenters. The molecular formula is C25H25F3O. The summed E-state index contributed by atoms with van der Waals surface area (Å²) in [6.07, 6.45) is 0.845. The Bertz CT molecular complexity index is 879. The van der Waals surface area contributed by atoms with Crippen molar-refractivity contribution in [2.75, 3.05) is 0 Å². The van der Waals surface area contributed by atoms with Crippen LogP contribution in [-0.4, -0.2) is 6.36 Å². The van der Waals surface area contributed by atoms with Crippen LogP contribution in [0.2, 0.25) is 0 Å². The molecule has 0 radical (unpaired) electrons. The Balaban J connectivity index is 1.56. The first kappa shape index (κ1) is 21.0. The van der Waals surface area contributed by atoms with Crippen LogP contribution in [0.4, 0.5) is 13.2 Å². The highest BCUT2D eigenvalue weighted by Gasteiger charge is 2.30. The van der Waals surface area contributed by atoms with E-state index in [0.29, 0.717) is 0 Å². The van der Waals surface area contributed by atoms with Gasteiger partial charge in [0.05, 0.1) is 0 Å². The number of hydrogen-bond donors (Lipinski definition) is 0. The zero-order valence-corrected chi connectivity index (χ0v) is 16.5. The molecule has 0 N–H and O–H groups in total. The fraction of sp³-hybridized carbons (Fsp3) is 0.280. The van der Waals surface area contributed by atoms with Gasteiger partial charge in [-0.1, -0.05) is 74.0 Å². The van der Waals surface area contributed by atoms with Crippen LogP contribution in [0.25, 0.3) is 11.1 Å². The molecule has 0 aliphatic heterocycles. The van der Waals surface area contributed by atoms with E-state index in [4.69, 9.17) is 0 Å². The van der Waals surface area contributed by atoms with Crippen LogP contribution in [-0.2, 0) is 19.3 Å². The van der Waals surface area contributed by atoms with Gasteiger partial charge in [-0.2, -0.15) is 0 Å². The summed E-state index contributed by atoms with van der Waals surface area (Å²) in [5.74, 6) is -0.210. The van der Waals surface area contributed by atoms with Crippen molar-refractivity contribution < 1.29 is 17.9 Å². The molecule has 0 fully saturated rings. The van der Waals surface area contributed by atoms with Gasteiger partial charge >= 0.3 is 6.36 Å². The molecule has 0 aromatic heterocycles. The first-order chi connectivity index (χ1) is 13.9. The number of benzene rings is 3. The molecule has 0 bridgehead atoms. The lowest BCUT2D eigenvalue weighted by atomic mass is 9.99. The highest BCUT2D eigenvalue weighted by molar-refractivity contribution is 5.64. The zero-order chi connectivity index (χ0) is 20.7. The SMILES string of the molecule is CCCCc1ccc(CCc2ccc(-c3ccc(OC(F)(F)F)cc3)cc2)cc1. The van der Waals surface area contributed by atoms with E-state index in [0.717, 1.165) is 30.4 Å². The predicted molar refractivity (Wildman–Crippen MR) is 111 cm³/mol. The van der Waals surface area contributed by atoms with Crippen molar-refractivity contribution >= 4 is 0 Å². The van der Waals surface area contributed by atoms with Gasteiger partial charge in [0.25, 0.3) is 0 Å². The van der Waals surface area contributed by atoms with Crippen LogP contribution in [0.3, 0.4) is 0 Å². The van der Waals surface area contributed by atoms with Crippen molar-refractivity contribution in [3.63, 3.8) is 0 Å².